The molecular formula is C12H26O5Si. The Morgan fingerprint density at radius 1 is 1.17 bits per heavy atom. The largest absolute Gasteiger partial charge is 0.481 e. The van der Waals surface area contributed by atoms with Gasteiger partial charge in [0, 0.05) is 14.2 Å². The van der Waals surface area contributed by atoms with Crippen molar-refractivity contribution in [3.63, 3.8) is 0 Å². The van der Waals surface area contributed by atoms with E-state index in [1.807, 2.05) is 0 Å². The molecule has 0 saturated carbocycles. The van der Waals surface area contributed by atoms with E-state index in [1.165, 1.54) is 14.2 Å². The van der Waals surface area contributed by atoms with E-state index in [9.17, 15) is 4.79 Å². The van der Waals surface area contributed by atoms with Gasteiger partial charge in [-0.15, -0.1) is 0 Å². The van der Waals surface area contributed by atoms with Gasteiger partial charge in [-0.1, -0.05) is 20.8 Å². The van der Waals surface area contributed by atoms with Gasteiger partial charge in [-0.25, -0.2) is 0 Å². The molecule has 108 valence electrons. The Hall–Kier alpha value is -0.433. The normalized spacial score (nSPS) is 13.7. The highest BCUT2D eigenvalue weighted by Gasteiger charge is 2.41. The fourth-order valence-corrected chi connectivity index (χ4v) is 2.15. The van der Waals surface area contributed by atoms with Gasteiger partial charge < -0.3 is 19.0 Å². The molecule has 0 saturated heterocycles. The summed E-state index contributed by atoms with van der Waals surface area (Å²) in [7, 11) is 0.913. The Labute approximate surface area is 111 Å². The van der Waals surface area contributed by atoms with Crippen molar-refractivity contribution in [3.8, 4) is 0 Å². The average molecular weight is 278 g/mol. The molecule has 0 aliphatic carbocycles. The highest BCUT2D eigenvalue weighted by molar-refractivity contribution is 6.74. The third-order valence-corrected chi connectivity index (χ3v) is 8.10. The fourth-order valence-electron chi connectivity index (χ4n) is 1.13. The van der Waals surface area contributed by atoms with Gasteiger partial charge in [0.1, 0.15) is 6.42 Å². The molecule has 0 aromatic rings. The lowest BCUT2D eigenvalue weighted by Gasteiger charge is -2.39. The summed E-state index contributed by atoms with van der Waals surface area (Å²) in [6, 6.07) is 0. The van der Waals surface area contributed by atoms with Crippen molar-refractivity contribution in [1.29, 1.82) is 0 Å². The molecule has 0 unspecified atom stereocenters. The van der Waals surface area contributed by atoms with E-state index in [0.717, 1.165) is 0 Å². The van der Waals surface area contributed by atoms with Gasteiger partial charge in [0.25, 0.3) is 0 Å². The average Bonchev–Trinajstić information content (AvgIpc) is 2.22. The van der Waals surface area contributed by atoms with Crippen molar-refractivity contribution in [2.24, 2.45) is 0 Å². The van der Waals surface area contributed by atoms with Crippen LogP contribution < -0.4 is 0 Å². The van der Waals surface area contributed by atoms with Crippen LogP contribution >= 0.6 is 0 Å². The molecule has 0 radical (unpaired) electrons. The lowest BCUT2D eigenvalue weighted by atomic mass is 10.2. The first-order valence-corrected chi connectivity index (χ1v) is 8.86. The molecule has 0 aromatic heterocycles. The van der Waals surface area contributed by atoms with Crippen LogP contribution in [0.2, 0.25) is 18.1 Å². The summed E-state index contributed by atoms with van der Waals surface area (Å²) < 4.78 is 16.4. The first kappa shape index (κ1) is 17.6. The van der Waals surface area contributed by atoms with Crippen molar-refractivity contribution >= 4 is 14.3 Å². The molecule has 0 bridgehead atoms. The lowest BCUT2D eigenvalue weighted by Crippen LogP contribution is -2.48. The number of rotatable bonds is 7. The van der Waals surface area contributed by atoms with E-state index >= 15 is 0 Å². The summed E-state index contributed by atoms with van der Waals surface area (Å²) in [5.74, 6) is -2.18. The number of ether oxygens (including phenoxy) is 2. The highest BCUT2D eigenvalue weighted by Crippen LogP contribution is 2.37. The van der Waals surface area contributed by atoms with Gasteiger partial charge in [0.05, 0.1) is 6.61 Å². The number of aliphatic carboxylic acids is 1. The van der Waals surface area contributed by atoms with Crippen LogP contribution in [0.1, 0.15) is 27.2 Å². The topological polar surface area (TPSA) is 65.0 Å². The molecule has 0 aromatic carbocycles. The summed E-state index contributed by atoms with van der Waals surface area (Å²) in [6.07, 6.45) is -0.241. The Kier molecular flexibility index (Phi) is 5.99. The number of carboxylic acid groups (broad SMARTS) is 1. The number of hydrogen-bond acceptors (Lipinski definition) is 4. The van der Waals surface area contributed by atoms with Gasteiger partial charge in [0.2, 0.25) is 5.79 Å². The van der Waals surface area contributed by atoms with Crippen LogP contribution in [0.25, 0.3) is 0 Å². The van der Waals surface area contributed by atoms with Gasteiger partial charge in [-0.2, -0.15) is 0 Å². The van der Waals surface area contributed by atoms with E-state index < -0.39 is 20.1 Å². The molecule has 0 rings (SSSR count). The van der Waals surface area contributed by atoms with Crippen molar-refractivity contribution in [2.75, 3.05) is 20.8 Å². The van der Waals surface area contributed by atoms with Crippen molar-refractivity contribution in [1.82, 2.24) is 0 Å². The third-order valence-electron chi connectivity index (χ3n) is 3.62. The van der Waals surface area contributed by atoms with Crippen LogP contribution in [0.4, 0.5) is 0 Å². The number of methoxy groups -OCH3 is 2. The molecule has 5 nitrogen and oxygen atoms in total. The summed E-state index contributed by atoms with van der Waals surface area (Å²) in [5, 5.41) is 8.96. The Balaban J connectivity index is 4.77. The molecular weight excluding hydrogens is 252 g/mol. The van der Waals surface area contributed by atoms with Gasteiger partial charge in [0.15, 0.2) is 8.32 Å². The van der Waals surface area contributed by atoms with Gasteiger partial charge in [-0.3, -0.25) is 4.79 Å². The second-order valence-corrected chi connectivity index (χ2v) is 10.7. The van der Waals surface area contributed by atoms with E-state index in [0.29, 0.717) is 0 Å². The predicted molar refractivity (Wildman–Crippen MR) is 72.2 cm³/mol. The maximum atomic E-state index is 10.8. The molecule has 0 spiro atoms. The zero-order valence-corrected chi connectivity index (χ0v) is 13.5. The molecule has 18 heavy (non-hydrogen) atoms. The maximum absolute atomic E-state index is 10.8. The molecule has 1 N–H and O–H groups in total. The minimum absolute atomic E-state index is 0.0590. The molecule has 0 atom stereocenters. The minimum Gasteiger partial charge on any atom is -0.481 e. The smallest absolute Gasteiger partial charge is 0.308 e. The SMILES string of the molecule is COC(CO[Si](C)(C)C(C)(C)C)(CC(=O)O)OC. The first-order valence-electron chi connectivity index (χ1n) is 5.96. The first-order chi connectivity index (χ1) is 7.99. The predicted octanol–water partition coefficient (Wildman–Crippen LogP) is 2.47. The molecule has 0 heterocycles. The van der Waals surface area contributed by atoms with Crippen LogP contribution in [-0.2, 0) is 18.7 Å². The summed E-state index contributed by atoms with van der Waals surface area (Å²) >= 11 is 0. The summed E-state index contributed by atoms with van der Waals surface area (Å²) in [6.45, 7) is 10.7. The van der Waals surface area contributed by atoms with Gasteiger partial charge >= 0.3 is 5.97 Å². The fraction of sp³-hybridized carbons (Fsp3) is 0.917. The molecule has 0 fully saturated rings. The zero-order valence-electron chi connectivity index (χ0n) is 12.5. The van der Waals surface area contributed by atoms with Crippen LogP contribution in [0, 0.1) is 0 Å². The second-order valence-electron chi connectivity index (χ2n) is 5.94. The second kappa shape index (κ2) is 6.14. The summed E-state index contributed by atoms with van der Waals surface area (Å²) in [5.41, 5.74) is 0. The van der Waals surface area contributed by atoms with E-state index in [1.54, 1.807) is 0 Å². The van der Waals surface area contributed by atoms with Crippen molar-refractivity contribution in [3.05, 3.63) is 0 Å². The lowest BCUT2D eigenvalue weighted by molar-refractivity contribution is -0.230. The Bertz CT molecular complexity index is 279. The Morgan fingerprint density at radius 3 is 1.89 bits per heavy atom. The summed E-state index contributed by atoms with van der Waals surface area (Å²) in [4.78, 5) is 10.8. The third kappa shape index (κ3) is 4.68. The molecule has 6 heteroatoms. The number of carboxylic acids is 1. The quantitative estimate of drug-likeness (QED) is 0.572. The monoisotopic (exact) mass is 278 g/mol. The Morgan fingerprint density at radius 2 is 1.61 bits per heavy atom. The van der Waals surface area contributed by atoms with Crippen LogP contribution in [-0.4, -0.2) is 46.0 Å². The van der Waals surface area contributed by atoms with Crippen LogP contribution in [0.5, 0.6) is 0 Å². The highest BCUT2D eigenvalue weighted by atomic mass is 28.4. The van der Waals surface area contributed by atoms with E-state index in [4.69, 9.17) is 19.0 Å². The van der Waals surface area contributed by atoms with Gasteiger partial charge in [-0.05, 0) is 18.1 Å². The van der Waals surface area contributed by atoms with E-state index in [2.05, 4.69) is 33.9 Å². The maximum Gasteiger partial charge on any atom is 0.308 e. The van der Waals surface area contributed by atoms with E-state index in [-0.39, 0.29) is 18.1 Å². The standard InChI is InChI=1S/C12H26O5Si/c1-11(2,3)18(6,7)17-9-12(15-4,16-5)8-10(13)14/h8-9H2,1-7H3,(H,13,14). The van der Waals surface area contributed by atoms with Crippen molar-refractivity contribution in [2.45, 2.75) is 51.1 Å². The zero-order chi connectivity index (χ0) is 14.6. The van der Waals surface area contributed by atoms with Crippen molar-refractivity contribution < 1.29 is 23.8 Å². The molecule has 0 amide bonds. The number of hydrogen-bond donors (Lipinski definition) is 1. The minimum atomic E-state index is -1.95. The molecule has 0 aliphatic rings. The number of carbonyl (C=O) groups is 1. The van der Waals surface area contributed by atoms with Crippen LogP contribution in [0.3, 0.4) is 0 Å². The van der Waals surface area contributed by atoms with Crippen LogP contribution in [0.15, 0.2) is 0 Å². The molecule has 0 aliphatic heterocycles.